The standard InChI is InChI=1S/C17H24N4O2S/c1-12(2)13-5-7-14(8-6-13)23-11-9-16-20-21-17(24-16)19-15(22)4-3-10-18/h5-8,12H,3-4,9-11,18H2,1-2H3,(H,19,21,22). The first-order chi connectivity index (χ1) is 11.6. The second-order valence-corrected chi connectivity index (χ2v) is 6.83. The molecular formula is C17H24N4O2S. The van der Waals surface area contributed by atoms with E-state index in [0.29, 0.717) is 43.5 Å². The van der Waals surface area contributed by atoms with Gasteiger partial charge in [-0.1, -0.05) is 37.3 Å². The highest BCUT2D eigenvalue weighted by atomic mass is 32.1. The van der Waals surface area contributed by atoms with Crippen LogP contribution in [0.15, 0.2) is 24.3 Å². The number of amides is 1. The smallest absolute Gasteiger partial charge is 0.226 e. The summed E-state index contributed by atoms with van der Waals surface area (Å²) in [5.74, 6) is 1.28. The number of carbonyl (C=O) groups is 1. The van der Waals surface area contributed by atoms with Gasteiger partial charge in [0.1, 0.15) is 10.8 Å². The van der Waals surface area contributed by atoms with Crippen molar-refractivity contribution in [2.45, 2.75) is 39.0 Å². The number of hydrogen-bond donors (Lipinski definition) is 2. The van der Waals surface area contributed by atoms with E-state index in [9.17, 15) is 4.79 Å². The lowest BCUT2D eigenvalue weighted by Crippen LogP contribution is -2.13. The summed E-state index contributed by atoms with van der Waals surface area (Å²) in [5.41, 5.74) is 6.67. The van der Waals surface area contributed by atoms with Gasteiger partial charge in [0.2, 0.25) is 11.0 Å². The maximum atomic E-state index is 11.6. The van der Waals surface area contributed by atoms with Crippen molar-refractivity contribution in [3.63, 3.8) is 0 Å². The molecule has 2 rings (SSSR count). The van der Waals surface area contributed by atoms with E-state index in [4.69, 9.17) is 10.5 Å². The predicted molar refractivity (Wildman–Crippen MR) is 96.6 cm³/mol. The number of benzene rings is 1. The van der Waals surface area contributed by atoms with Gasteiger partial charge in [-0.05, 0) is 36.6 Å². The topological polar surface area (TPSA) is 90.1 Å². The highest BCUT2D eigenvalue weighted by molar-refractivity contribution is 7.15. The molecule has 24 heavy (non-hydrogen) atoms. The lowest BCUT2D eigenvalue weighted by Gasteiger charge is -2.08. The molecular weight excluding hydrogens is 324 g/mol. The van der Waals surface area contributed by atoms with Gasteiger partial charge in [-0.3, -0.25) is 4.79 Å². The van der Waals surface area contributed by atoms with Crippen molar-refractivity contribution in [2.24, 2.45) is 5.73 Å². The Morgan fingerprint density at radius 2 is 2.04 bits per heavy atom. The van der Waals surface area contributed by atoms with Crippen LogP contribution in [0.3, 0.4) is 0 Å². The van der Waals surface area contributed by atoms with Crippen LogP contribution in [0.1, 0.15) is 43.2 Å². The molecule has 0 aliphatic heterocycles. The van der Waals surface area contributed by atoms with Crippen LogP contribution in [0.2, 0.25) is 0 Å². The quantitative estimate of drug-likeness (QED) is 0.727. The zero-order valence-electron chi connectivity index (χ0n) is 14.1. The van der Waals surface area contributed by atoms with E-state index in [1.165, 1.54) is 16.9 Å². The van der Waals surface area contributed by atoms with E-state index in [2.05, 4.69) is 41.5 Å². The third-order valence-corrected chi connectivity index (χ3v) is 4.35. The predicted octanol–water partition coefficient (Wildman–Crippen LogP) is 2.96. The van der Waals surface area contributed by atoms with E-state index in [1.54, 1.807) is 0 Å². The Morgan fingerprint density at radius 1 is 1.29 bits per heavy atom. The Kier molecular flexibility index (Phi) is 7.14. The maximum Gasteiger partial charge on any atom is 0.226 e. The van der Waals surface area contributed by atoms with Crippen LogP contribution < -0.4 is 15.8 Å². The summed E-state index contributed by atoms with van der Waals surface area (Å²) in [7, 11) is 0. The summed E-state index contributed by atoms with van der Waals surface area (Å²) >= 11 is 1.37. The van der Waals surface area contributed by atoms with E-state index in [0.717, 1.165) is 10.8 Å². The van der Waals surface area contributed by atoms with Crippen LogP contribution in [0.25, 0.3) is 0 Å². The lowest BCUT2D eigenvalue weighted by molar-refractivity contribution is -0.116. The first kappa shape index (κ1) is 18.4. The number of nitrogens with two attached hydrogens (primary N) is 1. The minimum Gasteiger partial charge on any atom is -0.493 e. The van der Waals surface area contributed by atoms with Gasteiger partial charge in [-0.2, -0.15) is 0 Å². The summed E-state index contributed by atoms with van der Waals surface area (Å²) in [5, 5.41) is 12.1. The number of carbonyl (C=O) groups excluding carboxylic acids is 1. The highest BCUT2D eigenvalue weighted by Gasteiger charge is 2.08. The molecule has 0 spiro atoms. The average Bonchev–Trinajstić information content (AvgIpc) is 3.00. The van der Waals surface area contributed by atoms with Crippen LogP contribution >= 0.6 is 11.3 Å². The number of aromatic nitrogens is 2. The van der Waals surface area contributed by atoms with E-state index < -0.39 is 0 Å². The van der Waals surface area contributed by atoms with Crippen molar-refractivity contribution in [2.75, 3.05) is 18.5 Å². The Morgan fingerprint density at radius 3 is 2.71 bits per heavy atom. The van der Waals surface area contributed by atoms with Gasteiger partial charge in [-0.25, -0.2) is 0 Å². The van der Waals surface area contributed by atoms with Crippen LogP contribution in [-0.4, -0.2) is 29.3 Å². The second-order valence-electron chi connectivity index (χ2n) is 5.76. The van der Waals surface area contributed by atoms with Crippen molar-refractivity contribution in [3.05, 3.63) is 34.8 Å². The Balaban J connectivity index is 1.75. The van der Waals surface area contributed by atoms with E-state index in [-0.39, 0.29) is 5.91 Å². The maximum absolute atomic E-state index is 11.6. The number of rotatable bonds is 9. The fourth-order valence-electron chi connectivity index (χ4n) is 2.05. The molecule has 1 aromatic heterocycles. The van der Waals surface area contributed by atoms with Crippen LogP contribution in [0.5, 0.6) is 5.75 Å². The SMILES string of the molecule is CC(C)c1ccc(OCCc2nnc(NC(=O)CCCN)s2)cc1. The number of nitrogens with zero attached hydrogens (tertiary/aromatic N) is 2. The molecule has 0 radical (unpaired) electrons. The third-order valence-electron chi connectivity index (χ3n) is 3.45. The molecule has 1 amide bonds. The van der Waals surface area contributed by atoms with Gasteiger partial charge in [0.25, 0.3) is 0 Å². The van der Waals surface area contributed by atoms with Crippen molar-refractivity contribution in [1.29, 1.82) is 0 Å². The molecule has 1 aromatic carbocycles. The fraction of sp³-hybridized carbons (Fsp3) is 0.471. The minimum atomic E-state index is -0.0790. The van der Waals surface area contributed by atoms with Crippen molar-refractivity contribution in [3.8, 4) is 5.75 Å². The van der Waals surface area contributed by atoms with Gasteiger partial charge in [0.15, 0.2) is 0 Å². The molecule has 0 aliphatic rings. The van der Waals surface area contributed by atoms with Crippen molar-refractivity contribution in [1.82, 2.24) is 10.2 Å². The summed E-state index contributed by atoms with van der Waals surface area (Å²) < 4.78 is 5.73. The molecule has 3 N–H and O–H groups in total. The van der Waals surface area contributed by atoms with E-state index >= 15 is 0 Å². The summed E-state index contributed by atoms with van der Waals surface area (Å²) in [6.07, 6.45) is 1.73. The molecule has 0 bridgehead atoms. The largest absolute Gasteiger partial charge is 0.493 e. The fourth-order valence-corrected chi connectivity index (χ4v) is 2.79. The molecule has 7 heteroatoms. The first-order valence-electron chi connectivity index (χ1n) is 8.13. The van der Waals surface area contributed by atoms with Gasteiger partial charge in [0.05, 0.1) is 6.61 Å². The summed E-state index contributed by atoms with van der Waals surface area (Å²) in [6.45, 7) is 5.36. The molecule has 6 nitrogen and oxygen atoms in total. The number of anilines is 1. The zero-order chi connectivity index (χ0) is 17.4. The molecule has 0 aliphatic carbocycles. The van der Waals surface area contributed by atoms with Gasteiger partial charge in [0, 0.05) is 12.8 Å². The van der Waals surface area contributed by atoms with Crippen molar-refractivity contribution >= 4 is 22.4 Å². The molecule has 130 valence electrons. The zero-order valence-corrected chi connectivity index (χ0v) is 14.9. The molecule has 2 aromatic rings. The molecule has 1 heterocycles. The Bertz CT molecular complexity index is 640. The first-order valence-corrected chi connectivity index (χ1v) is 8.95. The molecule has 0 saturated carbocycles. The van der Waals surface area contributed by atoms with Crippen LogP contribution in [0, 0.1) is 0 Å². The van der Waals surface area contributed by atoms with Gasteiger partial charge < -0.3 is 15.8 Å². The normalized spacial score (nSPS) is 10.8. The summed E-state index contributed by atoms with van der Waals surface area (Å²) in [6, 6.07) is 8.14. The average molecular weight is 348 g/mol. The molecule has 0 fully saturated rings. The highest BCUT2D eigenvalue weighted by Crippen LogP contribution is 2.20. The second kappa shape index (κ2) is 9.34. The lowest BCUT2D eigenvalue weighted by atomic mass is 10.0. The van der Waals surface area contributed by atoms with E-state index in [1.807, 2.05) is 12.1 Å². The third kappa shape index (κ3) is 5.90. The van der Waals surface area contributed by atoms with Crippen LogP contribution in [-0.2, 0) is 11.2 Å². The monoisotopic (exact) mass is 348 g/mol. The molecule has 0 saturated heterocycles. The Hall–Kier alpha value is -1.99. The molecule has 0 unspecified atom stereocenters. The number of ether oxygens (including phenoxy) is 1. The Labute approximate surface area is 146 Å². The van der Waals surface area contributed by atoms with Gasteiger partial charge in [-0.15, -0.1) is 10.2 Å². The van der Waals surface area contributed by atoms with Crippen molar-refractivity contribution < 1.29 is 9.53 Å². The molecule has 0 atom stereocenters. The van der Waals surface area contributed by atoms with Crippen LogP contribution in [0.4, 0.5) is 5.13 Å². The minimum absolute atomic E-state index is 0.0790. The summed E-state index contributed by atoms with van der Waals surface area (Å²) in [4.78, 5) is 11.6. The number of hydrogen-bond acceptors (Lipinski definition) is 6. The van der Waals surface area contributed by atoms with Gasteiger partial charge >= 0.3 is 0 Å². The number of nitrogens with one attached hydrogen (secondary N) is 1.